The van der Waals surface area contributed by atoms with Crippen LogP contribution in [-0.4, -0.2) is 83.6 Å². The topological polar surface area (TPSA) is 253 Å². The molecule has 1 fully saturated rings. The molecule has 0 bridgehead atoms. The van der Waals surface area contributed by atoms with Crippen molar-refractivity contribution < 1.29 is 38.8 Å². The number of fused-ring (bicyclic) bond motifs is 1. The van der Waals surface area contributed by atoms with Crippen LogP contribution in [-0.2, 0) is 31.1 Å². The van der Waals surface area contributed by atoms with Crippen molar-refractivity contribution in [3.8, 4) is 0 Å². The van der Waals surface area contributed by atoms with Gasteiger partial charge in [0.15, 0.2) is 21.7 Å². The van der Waals surface area contributed by atoms with E-state index in [1.807, 2.05) is 0 Å². The van der Waals surface area contributed by atoms with E-state index in [1.54, 1.807) is 13.1 Å². The van der Waals surface area contributed by atoms with E-state index in [0.29, 0.717) is 16.4 Å². The second-order valence-electron chi connectivity index (χ2n) is 8.87. The van der Waals surface area contributed by atoms with Crippen LogP contribution in [0.1, 0.15) is 19.0 Å². The fourth-order valence-electron chi connectivity index (χ4n) is 3.84. The van der Waals surface area contributed by atoms with Gasteiger partial charge in [0.05, 0.1) is 13.5 Å². The Morgan fingerprint density at radius 1 is 1.32 bits per heavy atom. The van der Waals surface area contributed by atoms with E-state index in [0.717, 1.165) is 16.2 Å². The number of rotatable bonds is 11. The largest absolute Gasteiger partial charge is 0.481 e. The minimum atomic E-state index is -1.28. The Morgan fingerprint density at radius 2 is 2.05 bits per heavy atom. The molecule has 19 heteroatoms. The van der Waals surface area contributed by atoms with Crippen molar-refractivity contribution in [3.05, 3.63) is 28.4 Å². The number of oxime groups is 1. The summed E-state index contributed by atoms with van der Waals surface area (Å²) < 4.78 is 1.50. The second-order valence-corrected chi connectivity index (χ2v) is 11.9. The van der Waals surface area contributed by atoms with Crippen LogP contribution in [0.4, 0.5) is 16.9 Å². The lowest BCUT2D eigenvalue weighted by atomic mass is 10.0. The van der Waals surface area contributed by atoms with Gasteiger partial charge in [0, 0.05) is 23.0 Å². The first-order valence-corrected chi connectivity index (χ1v) is 14.7. The van der Waals surface area contributed by atoms with Gasteiger partial charge < -0.3 is 37.6 Å². The summed E-state index contributed by atoms with van der Waals surface area (Å²) in [5.74, 6) is -2.77. The maximum Gasteiger partial charge on any atom is 0.352 e. The summed E-state index contributed by atoms with van der Waals surface area (Å²) in [6.07, 6.45) is -1.22. The smallest absolute Gasteiger partial charge is 0.352 e. The zero-order valence-electron chi connectivity index (χ0n) is 21.6. The van der Waals surface area contributed by atoms with E-state index in [1.165, 1.54) is 40.4 Å². The molecule has 9 N–H and O–H groups in total. The van der Waals surface area contributed by atoms with Crippen LogP contribution in [0.3, 0.4) is 0 Å². The molecule has 0 saturated carbocycles. The Balaban J connectivity index is 1.50. The first kappa shape index (κ1) is 29.9. The minimum Gasteiger partial charge on any atom is -0.481 e. The van der Waals surface area contributed by atoms with Crippen LogP contribution in [0.2, 0.25) is 0 Å². The van der Waals surface area contributed by atoms with Crippen LogP contribution < -0.4 is 27.1 Å². The van der Waals surface area contributed by atoms with Crippen LogP contribution in [0.15, 0.2) is 32.9 Å². The lowest BCUT2D eigenvalue weighted by Crippen LogP contribution is -2.71. The Labute approximate surface area is 245 Å². The third-order valence-corrected chi connectivity index (χ3v) is 8.93. The highest BCUT2D eigenvalue weighted by Crippen LogP contribution is 2.41. The lowest BCUT2D eigenvalue weighted by molar-refractivity contribution is -0.645. The highest BCUT2D eigenvalue weighted by molar-refractivity contribution is 8.01. The third kappa shape index (κ3) is 6.46. The molecule has 41 heavy (non-hydrogen) atoms. The maximum absolute atomic E-state index is 13.2. The summed E-state index contributed by atoms with van der Waals surface area (Å²) in [5.41, 5.74) is 17.6. The molecule has 2 aromatic rings. The fraction of sp³-hybridized carbons (Fsp3) is 0.364. The number of thiazole rings is 1. The molecule has 0 radical (unpaired) electrons. The highest BCUT2D eigenvalue weighted by atomic mass is 32.2. The number of carboxylic acid groups (broad SMARTS) is 2. The Morgan fingerprint density at radius 3 is 2.66 bits per heavy atom. The van der Waals surface area contributed by atoms with Crippen molar-refractivity contribution in [1.82, 2.24) is 20.2 Å². The molecule has 2 aliphatic heterocycles. The number of β-lactam (4-membered cyclic amide) rings is 1. The molecule has 1 saturated heterocycles. The van der Waals surface area contributed by atoms with Crippen LogP contribution in [0.25, 0.3) is 0 Å². The molecule has 0 aliphatic carbocycles. The van der Waals surface area contributed by atoms with Crippen molar-refractivity contribution in [2.75, 3.05) is 28.7 Å². The molecule has 218 valence electrons. The van der Waals surface area contributed by atoms with Crippen molar-refractivity contribution in [1.29, 1.82) is 0 Å². The number of nitrogens with zero attached hydrogens (tertiary/aromatic N) is 5. The number of carboxylic acids is 2. The molecule has 1 unspecified atom stereocenters. The highest BCUT2D eigenvalue weighted by Gasteiger charge is 2.54. The van der Waals surface area contributed by atoms with Gasteiger partial charge >= 0.3 is 17.9 Å². The average Bonchev–Trinajstić information content (AvgIpc) is 3.33. The SMILES string of the molecule is CC(CC(=O)O)O/N=C(\C(=O)N[C@@H]1C(=O)N2C(C(=O)O)=C(CSc3cc(N)[n+](C)c(N)n3)CS[C@H]12)c1csc(N)n1. The summed E-state index contributed by atoms with van der Waals surface area (Å²) in [5, 5.41) is 26.7. The minimum absolute atomic E-state index is 0.0715. The standard InChI is InChI=1S/C22H25N9O7S3/c1-8(3-13(32)33)38-29-14(10-7-41-22(25)26-10)17(34)28-15-18(35)31-16(20(36)37)9(6-40-19(15)31)5-39-12-4-11(23)30(2)21(24)27-12/h4,7-8,15,19H,3,5-6H2,1-2H3,(H8,23,24,25,26,27,28,32,33,34,36,37)/p+1/b29-14-/t8?,15-,19-/m1/s1. The predicted octanol–water partition coefficient (Wildman–Crippen LogP) is -0.776. The summed E-state index contributed by atoms with van der Waals surface area (Å²) in [6.45, 7) is 1.46. The zero-order chi connectivity index (χ0) is 30.0. The van der Waals surface area contributed by atoms with E-state index in [2.05, 4.69) is 20.4 Å². The number of aliphatic carboxylic acids is 2. The normalized spacial score (nSPS) is 19.3. The van der Waals surface area contributed by atoms with Gasteiger partial charge in [-0.3, -0.25) is 19.3 Å². The van der Waals surface area contributed by atoms with Gasteiger partial charge in [-0.15, -0.1) is 28.1 Å². The summed E-state index contributed by atoms with van der Waals surface area (Å²) in [7, 11) is 1.66. The average molecular weight is 625 g/mol. The molecule has 2 amide bonds. The molecule has 4 heterocycles. The van der Waals surface area contributed by atoms with Gasteiger partial charge in [0.1, 0.15) is 28.9 Å². The van der Waals surface area contributed by atoms with Crippen LogP contribution >= 0.6 is 34.9 Å². The lowest BCUT2D eigenvalue weighted by Gasteiger charge is -2.49. The van der Waals surface area contributed by atoms with Gasteiger partial charge in [-0.05, 0) is 12.5 Å². The molecule has 2 aromatic heterocycles. The molecule has 16 nitrogen and oxygen atoms in total. The maximum atomic E-state index is 13.2. The number of aromatic nitrogens is 3. The molecule has 3 atom stereocenters. The van der Waals surface area contributed by atoms with Gasteiger partial charge in [0.2, 0.25) is 0 Å². The van der Waals surface area contributed by atoms with Crippen molar-refractivity contribution >= 4 is 81.2 Å². The molecule has 2 aliphatic rings. The molecular formula is C22H26N9O7S3+. The number of carbonyl (C=O) groups excluding carboxylic acids is 2. The Bertz CT molecular complexity index is 1460. The van der Waals surface area contributed by atoms with Gasteiger partial charge in [0.25, 0.3) is 11.8 Å². The van der Waals surface area contributed by atoms with E-state index in [4.69, 9.17) is 27.1 Å². The van der Waals surface area contributed by atoms with Crippen LogP contribution in [0.5, 0.6) is 0 Å². The number of thioether (sulfide) groups is 2. The van der Waals surface area contributed by atoms with Gasteiger partial charge in [-0.2, -0.15) is 0 Å². The third-order valence-electron chi connectivity index (χ3n) is 5.92. The van der Waals surface area contributed by atoms with Crippen molar-refractivity contribution in [2.45, 2.75) is 35.9 Å². The predicted molar refractivity (Wildman–Crippen MR) is 151 cm³/mol. The number of amides is 2. The molecule has 4 rings (SSSR count). The number of anilines is 3. The first-order chi connectivity index (χ1) is 19.4. The summed E-state index contributed by atoms with van der Waals surface area (Å²) in [6, 6.07) is 0.562. The number of hydrogen-bond acceptors (Lipinski definition) is 14. The van der Waals surface area contributed by atoms with E-state index in [9.17, 15) is 24.3 Å². The second kappa shape index (κ2) is 12.2. The Kier molecular flexibility index (Phi) is 8.88. The first-order valence-electron chi connectivity index (χ1n) is 11.8. The van der Waals surface area contributed by atoms with Crippen LogP contribution in [0, 0.1) is 0 Å². The fourth-order valence-corrected chi connectivity index (χ4v) is 6.79. The van der Waals surface area contributed by atoms with Gasteiger partial charge in [-0.1, -0.05) is 16.9 Å². The van der Waals surface area contributed by atoms with Crippen molar-refractivity contribution in [3.63, 3.8) is 0 Å². The Hall–Kier alpha value is -4.10. The number of nitrogen functional groups attached to an aromatic ring is 3. The zero-order valence-corrected chi connectivity index (χ0v) is 24.1. The summed E-state index contributed by atoms with van der Waals surface area (Å²) >= 11 is 3.56. The molecule has 0 spiro atoms. The number of hydrogen-bond donors (Lipinski definition) is 6. The number of carbonyl (C=O) groups is 4. The summed E-state index contributed by atoms with van der Waals surface area (Å²) in [4.78, 5) is 64.0. The quantitative estimate of drug-likeness (QED) is 0.0448. The van der Waals surface area contributed by atoms with Gasteiger partial charge in [-0.25, -0.2) is 14.3 Å². The number of nitrogens with two attached hydrogens (primary N) is 3. The van der Waals surface area contributed by atoms with E-state index < -0.39 is 41.3 Å². The van der Waals surface area contributed by atoms with E-state index >= 15 is 0 Å². The van der Waals surface area contributed by atoms with E-state index in [-0.39, 0.29) is 46.1 Å². The molecule has 0 aromatic carbocycles. The number of nitrogens with one attached hydrogen (secondary N) is 1. The van der Waals surface area contributed by atoms with Crippen molar-refractivity contribution in [2.24, 2.45) is 12.2 Å². The molecular weight excluding hydrogens is 598 g/mol. The monoisotopic (exact) mass is 624 g/mol.